The molecule has 1 aromatic rings. The highest BCUT2D eigenvalue weighted by molar-refractivity contribution is 5.79. The lowest BCUT2D eigenvalue weighted by atomic mass is 9.88. The minimum atomic E-state index is -0.525. The van der Waals surface area contributed by atoms with Gasteiger partial charge in [0.25, 0.3) is 0 Å². The number of nitrogens with one attached hydrogen (secondary N) is 1. The number of piperidine rings is 1. The molecule has 1 N–H and O–H groups in total. The average Bonchev–Trinajstić information content (AvgIpc) is 2.92. The van der Waals surface area contributed by atoms with Gasteiger partial charge in [0.15, 0.2) is 0 Å². The van der Waals surface area contributed by atoms with Crippen LogP contribution in [-0.4, -0.2) is 40.3 Å². The molecule has 1 atom stereocenters. The van der Waals surface area contributed by atoms with Crippen LogP contribution in [0.2, 0.25) is 0 Å². The molecule has 2 aliphatic heterocycles. The summed E-state index contributed by atoms with van der Waals surface area (Å²) in [7, 11) is 0. The molecule has 0 spiro atoms. The van der Waals surface area contributed by atoms with Crippen molar-refractivity contribution < 1.29 is 9.53 Å². The lowest BCUT2D eigenvalue weighted by Crippen LogP contribution is -2.49. The Morgan fingerprint density at radius 2 is 1.77 bits per heavy atom. The van der Waals surface area contributed by atoms with Crippen molar-refractivity contribution in [3.05, 3.63) is 41.7 Å². The molecule has 5 nitrogen and oxygen atoms in total. The van der Waals surface area contributed by atoms with Crippen LogP contribution in [0.5, 0.6) is 0 Å². The molecule has 2 aliphatic rings. The zero-order valence-corrected chi connectivity index (χ0v) is 16.6. The molecule has 3 rings (SSSR count). The van der Waals surface area contributed by atoms with Gasteiger partial charge in [0.2, 0.25) is 0 Å². The number of hydrogen-bond donors (Lipinski definition) is 1. The fourth-order valence-electron chi connectivity index (χ4n) is 3.87. The van der Waals surface area contributed by atoms with Crippen LogP contribution in [0.3, 0.4) is 0 Å². The van der Waals surface area contributed by atoms with E-state index in [1.807, 2.05) is 31.7 Å². The van der Waals surface area contributed by atoms with Crippen molar-refractivity contribution in [3.63, 3.8) is 0 Å². The fourth-order valence-corrected chi connectivity index (χ4v) is 3.87. The Morgan fingerprint density at radius 3 is 2.35 bits per heavy atom. The van der Waals surface area contributed by atoms with Gasteiger partial charge >= 0.3 is 6.09 Å². The van der Waals surface area contributed by atoms with Gasteiger partial charge in [0.05, 0.1) is 6.04 Å². The summed E-state index contributed by atoms with van der Waals surface area (Å²) in [4.78, 5) is 15.1. The molecule has 0 aromatic carbocycles. The molecule has 5 heteroatoms. The highest BCUT2D eigenvalue weighted by Gasteiger charge is 2.37. The lowest BCUT2D eigenvalue weighted by Gasteiger charge is -2.41. The Hall–Kier alpha value is -2.01. The van der Waals surface area contributed by atoms with E-state index in [0.717, 1.165) is 43.1 Å². The van der Waals surface area contributed by atoms with Gasteiger partial charge in [-0.3, -0.25) is 4.90 Å². The lowest BCUT2D eigenvalue weighted by molar-refractivity contribution is 0.0255. The number of rotatable bonds is 2. The Bertz CT molecular complexity index is 699. The zero-order chi connectivity index (χ0) is 18.9. The third-order valence-electron chi connectivity index (χ3n) is 5.06. The smallest absolute Gasteiger partial charge is 0.416 e. The Labute approximate surface area is 156 Å². The van der Waals surface area contributed by atoms with Crippen molar-refractivity contribution in [1.29, 1.82) is 0 Å². The molecule has 0 radical (unpaired) electrons. The maximum Gasteiger partial charge on any atom is 0.416 e. The van der Waals surface area contributed by atoms with Crippen LogP contribution in [-0.2, 0) is 4.74 Å². The first kappa shape index (κ1) is 18.8. The second kappa shape index (κ2) is 7.31. The van der Waals surface area contributed by atoms with Gasteiger partial charge in [0, 0.05) is 11.4 Å². The molecule has 0 bridgehead atoms. The molecular formula is C21H31N3O2. The predicted molar refractivity (Wildman–Crippen MR) is 105 cm³/mol. The molecule has 26 heavy (non-hydrogen) atoms. The van der Waals surface area contributed by atoms with Crippen molar-refractivity contribution in [2.45, 2.75) is 59.1 Å². The van der Waals surface area contributed by atoms with E-state index in [1.165, 1.54) is 0 Å². The summed E-state index contributed by atoms with van der Waals surface area (Å²) in [5.74, 6) is 1.31. The van der Waals surface area contributed by atoms with Gasteiger partial charge in [0.1, 0.15) is 11.4 Å². The molecule has 0 aliphatic carbocycles. The first-order valence-electron chi connectivity index (χ1n) is 9.54. The number of amides is 1. The highest BCUT2D eigenvalue weighted by Crippen LogP contribution is 2.32. The largest absolute Gasteiger partial charge is 0.443 e. The van der Waals surface area contributed by atoms with Crippen LogP contribution in [0.4, 0.5) is 4.79 Å². The summed E-state index contributed by atoms with van der Waals surface area (Å²) in [6, 6.07) is 4.19. The van der Waals surface area contributed by atoms with Crippen molar-refractivity contribution in [1.82, 2.24) is 14.8 Å². The Balaban J connectivity index is 1.99. The number of aryl methyl sites for hydroxylation is 2. The SMILES string of the molecule is Cc1ccc(C)n1C1=CC=CC(C2CCNCC2)N1C(=O)OC(C)(C)C. The molecule has 142 valence electrons. The monoisotopic (exact) mass is 357 g/mol. The third-order valence-corrected chi connectivity index (χ3v) is 5.06. The van der Waals surface area contributed by atoms with Crippen molar-refractivity contribution in [2.75, 3.05) is 13.1 Å². The Kier molecular flexibility index (Phi) is 5.28. The van der Waals surface area contributed by atoms with Gasteiger partial charge < -0.3 is 14.6 Å². The van der Waals surface area contributed by atoms with E-state index in [1.54, 1.807) is 0 Å². The van der Waals surface area contributed by atoms with Gasteiger partial charge in [-0.05, 0) is 84.7 Å². The number of carbonyl (C=O) groups is 1. The number of carbonyl (C=O) groups excluding carboxylic acids is 1. The van der Waals surface area contributed by atoms with Gasteiger partial charge in [-0.25, -0.2) is 4.79 Å². The van der Waals surface area contributed by atoms with Gasteiger partial charge in [-0.2, -0.15) is 0 Å². The number of hydrogen-bond acceptors (Lipinski definition) is 3. The molecule has 1 fully saturated rings. The molecular weight excluding hydrogens is 326 g/mol. The van der Waals surface area contributed by atoms with Gasteiger partial charge in [-0.1, -0.05) is 12.2 Å². The van der Waals surface area contributed by atoms with Crippen LogP contribution < -0.4 is 5.32 Å². The number of nitrogens with zero attached hydrogens (tertiary/aromatic N) is 2. The minimum Gasteiger partial charge on any atom is -0.443 e. The fraction of sp³-hybridized carbons (Fsp3) is 0.571. The average molecular weight is 357 g/mol. The topological polar surface area (TPSA) is 46.5 Å². The van der Waals surface area contributed by atoms with E-state index in [2.05, 4.69) is 48.0 Å². The molecule has 1 amide bonds. The number of ether oxygens (including phenoxy) is 1. The molecule has 0 saturated carbocycles. The predicted octanol–water partition coefficient (Wildman–Crippen LogP) is 4.08. The summed E-state index contributed by atoms with van der Waals surface area (Å²) < 4.78 is 7.93. The minimum absolute atomic E-state index is 0.0214. The maximum absolute atomic E-state index is 13.2. The molecule has 3 heterocycles. The number of allylic oxidation sites excluding steroid dienone is 2. The Morgan fingerprint density at radius 1 is 1.15 bits per heavy atom. The van der Waals surface area contributed by atoms with E-state index in [0.29, 0.717) is 5.92 Å². The number of aromatic nitrogens is 1. The quantitative estimate of drug-likeness (QED) is 0.867. The van der Waals surface area contributed by atoms with Crippen molar-refractivity contribution in [3.8, 4) is 0 Å². The van der Waals surface area contributed by atoms with Crippen LogP contribution in [0.15, 0.2) is 30.4 Å². The summed E-state index contributed by atoms with van der Waals surface area (Å²) >= 11 is 0. The second-order valence-electron chi connectivity index (χ2n) is 8.29. The van der Waals surface area contributed by atoms with E-state index in [4.69, 9.17) is 4.74 Å². The van der Waals surface area contributed by atoms with Crippen LogP contribution in [0.1, 0.15) is 45.0 Å². The first-order chi connectivity index (χ1) is 12.3. The summed E-state index contributed by atoms with van der Waals surface area (Å²) in [5, 5.41) is 3.41. The second-order valence-corrected chi connectivity index (χ2v) is 8.29. The highest BCUT2D eigenvalue weighted by atomic mass is 16.6. The summed E-state index contributed by atoms with van der Waals surface area (Å²) in [6.45, 7) is 11.9. The third kappa shape index (κ3) is 3.88. The van der Waals surface area contributed by atoms with E-state index < -0.39 is 5.60 Å². The molecule has 1 saturated heterocycles. The molecule has 1 unspecified atom stereocenters. The van der Waals surface area contributed by atoms with Crippen LogP contribution in [0, 0.1) is 19.8 Å². The normalized spacial score (nSPS) is 21.7. The molecule has 1 aromatic heterocycles. The summed E-state index contributed by atoms with van der Waals surface area (Å²) in [6.07, 6.45) is 8.10. The van der Waals surface area contributed by atoms with Crippen molar-refractivity contribution >= 4 is 11.9 Å². The van der Waals surface area contributed by atoms with E-state index >= 15 is 0 Å². The first-order valence-corrected chi connectivity index (χ1v) is 9.54. The standard InChI is InChI=1S/C21H31N3O2/c1-15-9-10-16(2)23(15)19-8-6-7-18(17-11-13-22-14-12-17)24(19)20(25)26-21(3,4)5/h6-10,17-18,22H,11-14H2,1-5H3. The van der Waals surface area contributed by atoms with Gasteiger partial charge in [-0.15, -0.1) is 0 Å². The van der Waals surface area contributed by atoms with E-state index in [-0.39, 0.29) is 12.1 Å². The maximum atomic E-state index is 13.2. The zero-order valence-electron chi connectivity index (χ0n) is 16.6. The van der Waals surface area contributed by atoms with Crippen LogP contribution in [0.25, 0.3) is 5.82 Å². The van der Waals surface area contributed by atoms with E-state index in [9.17, 15) is 4.79 Å². The van der Waals surface area contributed by atoms with Crippen molar-refractivity contribution in [2.24, 2.45) is 5.92 Å². The summed E-state index contributed by atoms with van der Waals surface area (Å²) in [5.41, 5.74) is 1.70. The van der Waals surface area contributed by atoms with Crippen LogP contribution >= 0.6 is 0 Å².